The van der Waals surface area contributed by atoms with Gasteiger partial charge in [-0.05, 0) is 76.7 Å². The van der Waals surface area contributed by atoms with Crippen molar-refractivity contribution in [3.63, 3.8) is 0 Å². The van der Waals surface area contributed by atoms with Gasteiger partial charge in [0.15, 0.2) is 0 Å². The number of amides is 1. The Bertz CT molecular complexity index is 1610. The van der Waals surface area contributed by atoms with E-state index >= 15 is 0 Å². The normalized spacial score (nSPS) is 14.4. The van der Waals surface area contributed by atoms with Crippen molar-refractivity contribution in [3.8, 4) is 0 Å². The number of nitrogens with zero attached hydrogens (tertiary/aromatic N) is 1. The van der Waals surface area contributed by atoms with E-state index in [1.807, 2.05) is 94.1 Å². The van der Waals surface area contributed by atoms with E-state index in [0.717, 1.165) is 64.2 Å². The number of ether oxygens (including phenoxy) is 1. The second-order valence-electron chi connectivity index (χ2n) is 21.6. The van der Waals surface area contributed by atoms with E-state index in [-0.39, 0.29) is 37.9 Å². The molecule has 0 spiro atoms. The van der Waals surface area contributed by atoms with Crippen molar-refractivity contribution < 1.29 is 37.3 Å². The van der Waals surface area contributed by atoms with Crippen molar-refractivity contribution in [1.29, 1.82) is 0 Å². The molecule has 0 aliphatic rings. The Hall–Kier alpha value is -3.07. The SMILES string of the molecule is CC\C=C/C=C/C=C/C=C\C=C\C=C\CCCCCC(=O)NC(COP(=O)(O)OCC[N+](C)(C)C)C(/C=C/CCCCCCCCCCC)OC(=O)CCCCCCCCCCCCC/C=C/CCCCCCCC. The average molecular weight is 1070 g/mol. The van der Waals surface area contributed by atoms with E-state index in [1.54, 1.807) is 0 Å². The van der Waals surface area contributed by atoms with Crippen LogP contribution in [0.1, 0.15) is 252 Å². The first-order valence-corrected chi connectivity index (χ1v) is 32.1. The summed E-state index contributed by atoms with van der Waals surface area (Å²) < 4.78 is 30.6. The molecule has 0 aromatic heterocycles. The lowest BCUT2D eigenvalue weighted by Crippen LogP contribution is -2.47. The van der Waals surface area contributed by atoms with Gasteiger partial charge in [0.2, 0.25) is 5.91 Å². The highest BCUT2D eigenvalue weighted by Crippen LogP contribution is 2.43. The predicted molar refractivity (Wildman–Crippen MR) is 323 cm³/mol. The molecule has 0 heterocycles. The number of allylic oxidation sites excluding steroid dienone is 15. The molecule has 3 atom stereocenters. The first-order chi connectivity index (χ1) is 36.4. The molecule has 432 valence electrons. The lowest BCUT2D eigenvalue weighted by molar-refractivity contribution is -0.870. The molecular formula is C65H116N2O7P+. The molecule has 0 aliphatic carbocycles. The van der Waals surface area contributed by atoms with Crippen molar-refractivity contribution in [1.82, 2.24) is 5.32 Å². The maximum Gasteiger partial charge on any atom is 0.472 e. The number of nitrogens with one attached hydrogen (secondary N) is 1. The van der Waals surface area contributed by atoms with Crippen molar-refractivity contribution in [2.24, 2.45) is 0 Å². The van der Waals surface area contributed by atoms with E-state index in [0.29, 0.717) is 17.4 Å². The Morgan fingerprint density at radius 3 is 1.33 bits per heavy atom. The summed E-state index contributed by atoms with van der Waals surface area (Å²) in [6, 6.07) is -0.876. The number of rotatable bonds is 54. The molecule has 10 heteroatoms. The second kappa shape index (κ2) is 54.3. The van der Waals surface area contributed by atoms with Gasteiger partial charge in [-0.3, -0.25) is 18.6 Å². The summed E-state index contributed by atoms with van der Waals surface area (Å²) in [4.78, 5) is 37.7. The third-order valence-electron chi connectivity index (χ3n) is 13.2. The Labute approximate surface area is 462 Å². The average Bonchev–Trinajstić information content (AvgIpc) is 3.37. The highest BCUT2D eigenvalue weighted by Gasteiger charge is 2.30. The lowest BCUT2D eigenvalue weighted by Gasteiger charge is -2.27. The van der Waals surface area contributed by atoms with Crippen molar-refractivity contribution in [2.45, 2.75) is 264 Å². The molecule has 9 nitrogen and oxygen atoms in total. The van der Waals surface area contributed by atoms with E-state index in [1.165, 1.54) is 148 Å². The second-order valence-corrected chi connectivity index (χ2v) is 23.1. The van der Waals surface area contributed by atoms with Crippen LogP contribution in [0.25, 0.3) is 0 Å². The van der Waals surface area contributed by atoms with Gasteiger partial charge in [0.1, 0.15) is 19.3 Å². The number of hydrogen-bond donors (Lipinski definition) is 2. The molecule has 0 radical (unpaired) electrons. The minimum absolute atomic E-state index is 0.0266. The summed E-state index contributed by atoms with van der Waals surface area (Å²) in [7, 11) is 1.45. The zero-order valence-electron chi connectivity index (χ0n) is 49.3. The van der Waals surface area contributed by atoms with Crippen molar-refractivity contribution >= 4 is 19.7 Å². The Morgan fingerprint density at radius 1 is 0.480 bits per heavy atom. The van der Waals surface area contributed by atoms with Crippen LogP contribution in [0.4, 0.5) is 0 Å². The number of phosphoric acid groups is 1. The number of hydrogen-bond acceptors (Lipinski definition) is 6. The van der Waals surface area contributed by atoms with Crippen LogP contribution in [0.15, 0.2) is 97.2 Å². The Morgan fingerprint density at radius 2 is 0.867 bits per heavy atom. The van der Waals surface area contributed by atoms with Crippen LogP contribution in [0, 0.1) is 0 Å². The molecular weight excluding hydrogens is 952 g/mol. The number of esters is 1. The van der Waals surface area contributed by atoms with Gasteiger partial charge >= 0.3 is 13.8 Å². The van der Waals surface area contributed by atoms with Gasteiger partial charge in [0.25, 0.3) is 0 Å². The van der Waals surface area contributed by atoms with Crippen LogP contribution in [0.3, 0.4) is 0 Å². The smallest absolute Gasteiger partial charge is 0.456 e. The summed E-state index contributed by atoms with van der Waals surface area (Å²) in [5.41, 5.74) is 0. The van der Waals surface area contributed by atoms with Gasteiger partial charge in [-0.2, -0.15) is 0 Å². The zero-order chi connectivity index (χ0) is 55.0. The van der Waals surface area contributed by atoms with E-state index in [9.17, 15) is 19.0 Å². The van der Waals surface area contributed by atoms with E-state index in [2.05, 4.69) is 50.4 Å². The van der Waals surface area contributed by atoms with Crippen molar-refractivity contribution in [2.75, 3.05) is 40.9 Å². The summed E-state index contributed by atoms with van der Waals surface area (Å²) in [6.07, 6.45) is 72.7. The molecule has 0 bridgehead atoms. The number of phosphoric ester groups is 1. The van der Waals surface area contributed by atoms with Gasteiger partial charge in [0.05, 0.1) is 33.8 Å². The largest absolute Gasteiger partial charge is 0.472 e. The number of quaternary nitrogens is 1. The molecule has 2 N–H and O–H groups in total. The number of carbonyl (C=O) groups is 2. The predicted octanol–water partition coefficient (Wildman–Crippen LogP) is 18.8. The maximum atomic E-state index is 13.5. The standard InChI is InChI=1S/C65H115N2O7P/c1-7-10-13-16-19-22-25-27-29-31-32-33-34-36-38-40-43-46-49-52-55-58-65(69)74-63(56-53-50-47-44-41-24-21-18-15-12-9-3)62(61-73-75(70,71)72-60-59-67(4,5)6)66-64(68)57-54-51-48-45-42-39-37-35-30-28-26-23-20-17-14-11-8-2/h11,14,17,20,23,26-30,35,37,39,42,53,56,62-63H,7-10,12-13,15-16,18-19,21-22,24-25,31-34,36,38,40-41,43-52,54-55,57-61H2,1-6H3,(H-,66,68,70,71)/p+1/b14-11-,20-17+,26-23+,29-27+,30-28-,37-35+,42-39+,56-53+. The Balaban J connectivity index is 5.28. The zero-order valence-corrected chi connectivity index (χ0v) is 50.2. The van der Waals surface area contributed by atoms with Gasteiger partial charge in [-0.25, -0.2) is 4.57 Å². The molecule has 0 aromatic carbocycles. The monoisotopic (exact) mass is 1070 g/mol. The molecule has 0 aromatic rings. The fourth-order valence-electron chi connectivity index (χ4n) is 8.44. The molecule has 1 amide bonds. The molecule has 0 fully saturated rings. The maximum absolute atomic E-state index is 13.5. The fraction of sp³-hybridized carbons (Fsp3) is 0.723. The minimum atomic E-state index is -4.46. The third-order valence-corrected chi connectivity index (χ3v) is 14.2. The van der Waals surface area contributed by atoms with Crippen molar-refractivity contribution in [3.05, 3.63) is 97.2 Å². The molecule has 0 saturated carbocycles. The quantitative estimate of drug-likeness (QED) is 0.0156. The number of likely N-dealkylation sites (N-methyl/N-ethyl adjacent to an activating group) is 1. The van der Waals surface area contributed by atoms with Crippen LogP contribution in [0.5, 0.6) is 0 Å². The summed E-state index contributed by atoms with van der Waals surface area (Å²) in [5.74, 6) is -0.560. The fourth-order valence-corrected chi connectivity index (χ4v) is 9.17. The van der Waals surface area contributed by atoms with E-state index in [4.69, 9.17) is 13.8 Å². The molecule has 0 aliphatic heterocycles. The van der Waals surface area contributed by atoms with Gasteiger partial charge in [-0.1, -0.05) is 260 Å². The minimum Gasteiger partial charge on any atom is -0.456 e. The molecule has 0 rings (SSSR count). The Kier molecular flexibility index (Phi) is 52.1. The third kappa shape index (κ3) is 55.5. The highest BCUT2D eigenvalue weighted by molar-refractivity contribution is 7.47. The molecule has 0 saturated heterocycles. The number of unbranched alkanes of at least 4 members (excludes halogenated alkanes) is 29. The molecule has 3 unspecified atom stereocenters. The highest BCUT2D eigenvalue weighted by atomic mass is 31.2. The number of carbonyl (C=O) groups excluding carboxylic acids is 2. The summed E-state index contributed by atoms with van der Waals surface area (Å²) >= 11 is 0. The topological polar surface area (TPSA) is 111 Å². The van der Waals surface area contributed by atoms with Crippen LogP contribution >= 0.6 is 7.82 Å². The van der Waals surface area contributed by atoms with Gasteiger partial charge < -0.3 is 19.4 Å². The van der Waals surface area contributed by atoms with Gasteiger partial charge in [0, 0.05) is 12.8 Å². The summed E-state index contributed by atoms with van der Waals surface area (Å²) in [5, 5.41) is 3.02. The first-order valence-electron chi connectivity index (χ1n) is 30.6. The first kappa shape index (κ1) is 71.9. The van der Waals surface area contributed by atoms with Crippen LogP contribution in [-0.4, -0.2) is 74.3 Å². The van der Waals surface area contributed by atoms with Gasteiger partial charge in [-0.15, -0.1) is 0 Å². The van der Waals surface area contributed by atoms with E-state index < -0.39 is 20.0 Å². The van der Waals surface area contributed by atoms with Crippen LogP contribution in [0.2, 0.25) is 0 Å². The van der Waals surface area contributed by atoms with Crippen LogP contribution < -0.4 is 5.32 Å². The lowest BCUT2D eigenvalue weighted by atomic mass is 10.0. The van der Waals surface area contributed by atoms with Crippen LogP contribution in [-0.2, 0) is 27.9 Å². The molecule has 75 heavy (non-hydrogen) atoms. The summed E-state index contributed by atoms with van der Waals surface area (Å²) in [6.45, 7) is 6.82.